The molecule has 0 aromatic heterocycles. The van der Waals surface area contributed by atoms with Crippen LogP contribution < -0.4 is 26.6 Å². The molecule has 14 N–H and O–H groups in total. The first-order valence-corrected chi connectivity index (χ1v) is 35.5. The lowest BCUT2D eigenvalue weighted by molar-refractivity contribution is -0.282. The first-order valence-electron chi connectivity index (χ1n) is 35.5. The average molecular weight is 1400 g/mol. The van der Waals surface area contributed by atoms with Gasteiger partial charge in [0.1, 0.15) is 54.6 Å². The van der Waals surface area contributed by atoms with Crippen LogP contribution in [0.15, 0.2) is 0 Å². The highest BCUT2D eigenvalue weighted by Gasteiger charge is 2.46. The summed E-state index contributed by atoms with van der Waals surface area (Å²) in [6.07, 6.45) is -2.71. The number of aliphatic hydroxyl groups excluding tert-OH is 9. The normalized spacial score (nSPS) is 25.9. The van der Waals surface area contributed by atoms with E-state index in [4.69, 9.17) is 33.2 Å². The largest absolute Gasteiger partial charge is 0.394 e. The summed E-state index contributed by atoms with van der Waals surface area (Å²) in [7, 11) is 1.54. The fourth-order valence-electron chi connectivity index (χ4n) is 11.0. The molecule has 5 amide bonds. The number of ether oxygens (including phenoxy) is 7. The summed E-state index contributed by atoms with van der Waals surface area (Å²) in [5.41, 5.74) is 0. The van der Waals surface area contributed by atoms with Crippen LogP contribution in [0.25, 0.3) is 0 Å². The number of carbonyl (C=O) groups is 7. The number of amides is 5. The number of hydrogen-bond donors (Lipinski definition) is 14. The molecule has 28 nitrogen and oxygen atoms in total. The monoisotopic (exact) mass is 1400 g/mol. The van der Waals surface area contributed by atoms with Crippen LogP contribution in [0.3, 0.4) is 0 Å². The number of hydrogen-bond acceptors (Lipinski definition) is 23. The maximum absolute atomic E-state index is 14.3. The van der Waals surface area contributed by atoms with Crippen LogP contribution in [0.4, 0.5) is 0 Å². The summed E-state index contributed by atoms with van der Waals surface area (Å²) < 4.78 is 39.2. The van der Waals surface area contributed by atoms with Crippen LogP contribution in [0.2, 0.25) is 0 Å². The third kappa shape index (κ3) is 39.2. The molecule has 0 saturated carbocycles. The van der Waals surface area contributed by atoms with Crippen molar-refractivity contribution >= 4 is 41.1 Å². The van der Waals surface area contributed by atoms with Crippen molar-refractivity contribution in [3.05, 3.63) is 0 Å². The smallest absolute Gasteiger partial charge is 0.223 e. The van der Waals surface area contributed by atoms with Gasteiger partial charge >= 0.3 is 0 Å². The standard InChI is InChI=1S/C62H111N5O23.C4H10.C2H6.CH4/c1-39-53(77)55(79)46(36-68)88-60(39)85-31-18-6-10-24-50(75)64-29-17-14-23-44(67-51(76)26-12-8-19-32-86-61-40(2)54(78)56(80)47(37-69)89-61)45(73)35-42(59(83)65-30-15-5-9-22-43(72)27-34-84-4)21-13-16-28-63-49(74)25-11-7-20-33-87-62-52(66-41(3)71)58(82)57(81)48(38-70)90-62;1-4(2)3;1-2;/h39-40,42,44,46-48,52-58,60-62,68-70,77-82H,5-38H2,1-4H3,(H,63,74)(H,64,75)(H,65,83)(H,66,71)(H,67,76);4H,1-3H3;1-2H3;1H4/t39?,40?,42?,44?,46?,47?,48?,52?,53-,54-,55+,56+,57+,58-,60-,61-,62-;;;/m1.../s1. The summed E-state index contributed by atoms with van der Waals surface area (Å²) >= 11 is 0. The summed E-state index contributed by atoms with van der Waals surface area (Å²) in [6.45, 7) is 15.6. The van der Waals surface area contributed by atoms with Gasteiger partial charge in [0.05, 0.1) is 44.7 Å². The fraction of sp³-hybridized carbons (Fsp3) is 0.899. The molecule has 0 spiro atoms. The number of rotatable bonds is 49. The average Bonchev–Trinajstić information content (AvgIpc) is 0.833. The van der Waals surface area contributed by atoms with E-state index in [1.165, 1.54) is 14.0 Å². The van der Waals surface area contributed by atoms with Crippen molar-refractivity contribution in [1.82, 2.24) is 26.6 Å². The number of carbonyl (C=O) groups excluding carboxylic acids is 7. The minimum atomic E-state index is -1.43. The Morgan fingerprint density at radius 3 is 1.31 bits per heavy atom. The SMILES string of the molecule is C.CC.CC(C)C.COCCC(=O)CCCCCNC(=O)C(CCCCNC(=O)CCCCCO[C@@H]1OC(CO)[C@H](O)[C@H](O)C1NC(C)=O)CC(=O)C(CCCCNC(=O)CCCCCO[C@@H]1OC(CO)[C@H](O)[C@H](O)C1C)NC(=O)CCCCCO[C@@H]1OC(CO)[C@H](O)[C@H](O)C1C. The van der Waals surface area contributed by atoms with Gasteiger partial charge in [-0.1, -0.05) is 88.0 Å². The Labute approximate surface area is 577 Å². The first kappa shape index (κ1) is 93.0. The number of nitrogens with one attached hydrogen (secondary N) is 5. The van der Waals surface area contributed by atoms with E-state index in [9.17, 15) is 79.5 Å². The van der Waals surface area contributed by atoms with Gasteiger partial charge in [0.15, 0.2) is 24.7 Å². The Morgan fingerprint density at radius 2 is 0.856 bits per heavy atom. The Morgan fingerprint density at radius 1 is 0.464 bits per heavy atom. The van der Waals surface area contributed by atoms with E-state index in [-0.39, 0.29) is 87.9 Å². The lowest BCUT2D eigenvalue weighted by atomic mass is 9.91. The van der Waals surface area contributed by atoms with Gasteiger partial charge in [-0.05, 0) is 89.4 Å². The highest BCUT2D eigenvalue weighted by Crippen LogP contribution is 2.29. The van der Waals surface area contributed by atoms with Crippen LogP contribution in [-0.2, 0) is 66.7 Å². The minimum absolute atomic E-state index is 0. The molecule has 3 rings (SSSR count). The number of aliphatic hydroxyl groups is 9. The Hall–Kier alpha value is -3.95. The fourth-order valence-corrected chi connectivity index (χ4v) is 11.0. The lowest BCUT2D eigenvalue weighted by Gasteiger charge is -2.42. The van der Waals surface area contributed by atoms with Gasteiger partial charge in [-0.3, -0.25) is 33.6 Å². The van der Waals surface area contributed by atoms with Crippen molar-refractivity contribution in [3.8, 4) is 0 Å². The van der Waals surface area contributed by atoms with Gasteiger partial charge in [0.2, 0.25) is 29.5 Å². The summed E-state index contributed by atoms with van der Waals surface area (Å²) in [5.74, 6) is -2.70. The molecule has 0 radical (unpaired) electrons. The molecular formula is C69H131N5O23. The summed E-state index contributed by atoms with van der Waals surface area (Å²) in [5, 5.41) is 105. The Balaban J connectivity index is 0.0000127. The molecule has 8 unspecified atom stereocenters. The zero-order chi connectivity index (χ0) is 72.0. The maximum atomic E-state index is 14.3. The molecule has 17 atom stereocenters. The molecule has 0 aromatic rings. The third-order valence-electron chi connectivity index (χ3n) is 16.7. The van der Waals surface area contributed by atoms with Crippen LogP contribution in [0.5, 0.6) is 0 Å². The Bertz CT molecular complexity index is 2100. The minimum Gasteiger partial charge on any atom is -0.394 e. The third-order valence-corrected chi connectivity index (χ3v) is 16.7. The van der Waals surface area contributed by atoms with Gasteiger partial charge in [-0.2, -0.15) is 0 Å². The molecule has 3 aliphatic heterocycles. The molecule has 570 valence electrons. The van der Waals surface area contributed by atoms with Crippen molar-refractivity contribution in [2.45, 2.75) is 303 Å². The molecule has 0 aromatic carbocycles. The van der Waals surface area contributed by atoms with Crippen molar-refractivity contribution in [2.75, 3.05) is 73.0 Å². The van der Waals surface area contributed by atoms with Crippen LogP contribution in [-0.4, -0.2) is 246 Å². The second-order valence-electron chi connectivity index (χ2n) is 25.9. The van der Waals surface area contributed by atoms with Crippen molar-refractivity contribution in [1.29, 1.82) is 0 Å². The van der Waals surface area contributed by atoms with Gasteiger partial charge in [-0.15, -0.1) is 0 Å². The topological polar surface area (TPSA) is 426 Å². The Kier molecular flexibility index (Phi) is 53.4. The number of methoxy groups -OCH3 is 1. The molecule has 97 heavy (non-hydrogen) atoms. The van der Waals surface area contributed by atoms with E-state index in [1.54, 1.807) is 13.8 Å². The van der Waals surface area contributed by atoms with E-state index in [0.29, 0.717) is 155 Å². The molecular weight excluding hydrogens is 1270 g/mol. The zero-order valence-corrected chi connectivity index (χ0v) is 59.2. The first-order chi connectivity index (χ1) is 45.9. The predicted octanol–water partition coefficient (Wildman–Crippen LogP) is 3.05. The molecule has 28 heteroatoms. The van der Waals surface area contributed by atoms with E-state index >= 15 is 0 Å². The van der Waals surface area contributed by atoms with Crippen molar-refractivity contribution < 1.29 is 113 Å². The quantitative estimate of drug-likeness (QED) is 0.0389. The molecule has 0 aliphatic carbocycles. The van der Waals surface area contributed by atoms with Crippen LogP contribution >= 0.6 is 0 Å². The number of ketones is 2. The van der Waals surface area contributed by atoms with E-state index < -0.39 is 129 Å². The number of Topliss-reactive ketones (excluding diaryl/α,β-unsaturated/α-hetero) is 2. The van der Waals surface area contributed by atoms with Crippen molar-refractivity contribution in [3.63, 3.8) is 0 Å². The van der Waals surface area contributed by atoms with E-state index in [0.717, 1.165) is 5.92 Å². The molecule has 3 fully saturated rings. The molecule has 3 heterocycles. The van der Waals surface area contributed by atoms with Gasteiger partial charge in [-0.25, -0.2) is 0 Å². The predicted molar refractivity (Wildman–Crippen MR) is 363 cm³/mol. The van der Waals surface area contributed by atoms with Crippen molar-refractivity contribution in [2.24, 2.45) is 23.7 Å². The summed E-state index contributed by atoms with van der Waals surface area (Å²) in [4.78, 5) is 91.2. The molecule has 0 bridgehead atoms. The maximum Gasteiger partial charge on any atom is 0.223 e. The van der Waals surface area contributed by atoms with E-state index in [2.05, 4.69) is 47.4 Å². The highest BCUT2D eigenvalue weighted by atomic mass is 16.7. The highest BCUT2D eigenvalue weighted by molar-refractivity contribution is 5.92. The second-order valence-corrected chi connectivity index (χ2v) is 25.9. The zero-order valence-electron chi connectivity index (χ0n) is 59.2. The second kappa shape index (κ2) is 55.7. The van der Waals surface area contributed by atoms with Crippen LogP contribution in [0.1, 0.15) is 217 Å². The summed E-state index contributed by atoms with van der Waals surface area (Å²) in [6, 6.07) is -1.99. The van der Waals surface area contributed by atoms with Gasteiger partial charge in [0, 0.05) is 110 Å². The van der Waals surface area contributed by atoms with E-state index in [1.807, 2.05) is 13.8 Å². The molecule has 3 aliphatic rings. The van der Waals surface area contributed by atoms with Crippen LogP contribution in [0, 0.1) is 23.7 Å². The lowest BCUT2D eigenvalue weighted by Crippen LogP contribution is -2.64. The number of unbranched alkanes of at least 4 members (excludes halogenated alkanes) is 10. The van der Waals surface area contributed by atoms with Gasteiger partial charge in [0.25, 0.3) is 0 Å². The van der Waals surface area contributed by atoms with Gasteiger partial charge < -0.3 is 106 Å². The molecule has 3 saturated heterocycles.